The number of hydrogen-bond donors (Lipinski definition) is 2. The summed E-state index contributed by atoms with van der Waals surface area (Å²) >= 11 is 1.62. The second-order valence-corrected chi connectivity index (χ2v) is 7.94. The van der Waals surface area contributed by atoms with E-state index in [9.17, 15) is 4.79 Å². The highest BCUT2D eigenvalue weighted by molar-refractivity contribution is 7.16. The van der Waals surface area contributed by atoms with E-state index in [-0.39, 0.29) is 11.8 Å². The number of nitrogens with one attached hydrogen (secondary N) is 2. The van der Waals surface area contributed by atoms with Crippen LogP contribution in [0, 0.1) is 5.92 Å². The minimum absolute atomic E-state index is 0.0513. The van der Waals surface area contributed by atoms with Gasteiger partial charge in [-0.3, -0.25) is 4.79 Å². The lowest BCUT2D eigenvalue weighted by atomic mass is 9.96. The van der Waals surface area contributed by atoms with Gasteiger partial charge in [0.1, 0.15) is 17.0 Å². The van der Waals surface area contributed by atoms with Crippen LogP contribution >= 0.6 is 11.3 Å². The maximum absolute atomic E-state index is 13.0. The number of piperidine rings is 1. The third kappa shape index (κ3) is 4.00. The normalized spacial score (nSPS) is 17.0. The predicted octanol–water partition coefficient (Wildman–Crippen LogP) is 3.66. The minimum Gasteiger partial charge on any atom is -0.355 e. The average molecular weight is 396 g/mol. The number of carbonyl (C=O) groups is 1. The molecule has 1 unspecified atom stereocenters. The zero-order chi connectivity index (χ0) is 19.3. The van der Waals surface area contributed by atoms with Crippen LogP contribution in [0.3, 0.4) is 0 Å². The van der Waals surface area contributed by atoms with E-state index < -0.39 is 0 Å². The second kappa shape index (κ2) is 8.67. The number of rotatable bonds is 6. The summed E-state index contributed by atoms with van der Waals surface area (Å²) in [5, 5.41) is 9.60. The number of amides is 1. The Morgan fingerprint density at radius 2 is 2.18 bits per heavy atom. The maximum Gasteiger partial charge on any atom is 0.229 e. The summed E-state index contributed by atoms with van der Waals surface area (Å²) in [6.45, 7) is 5.33. The van der Waals surface area contributed by atoms with Gasteiger partial charge in [0.05, 0.1) is 11.3 Å². The maximum atomic E-state index is 13.0. The number of thiophene rings is 1. The molecule has 0 spiro atoms. The lowest BCUT2D eigenvalue weighted by molar-refractivity contribution is -0.120. The fraction of sp³-hybridized carbons (Fsp3) is 0.381. The van der Waals surface area contributed by atoms with Gasteiger partial charge in [-0.05, 0) is 42.5 Å². The number of benzene rings is 1. The summed E-state index contributed by atoms with van der Waals surface area (Å²) in [6.07, 6.45) is 3.50. The average Bonchev–Trinajstić information content (AvgIpc) is 3.22. The number of para-hydroxylation sites is 1. The topological polar surface area (TPSA) is 70.2 Å². The van der Waals surface area contributed by atoms with Crippen LogP contribution in [0.25, 0.3) is 10.2 Å². The number of carbonyl (C=O) groups excluding carboxylic acids is 1. The van der Waals surface area contributed by atoms with Crippen LogP contribution in [0.1, 0.15) is 25.3 Å². The van der Waals surface area contributed by atoms with Gasteiger partial charge in [0, 0.05) is 25.3 Å². The molecule has 28 heavy (non-hydrogen) atoms. The molecule has 2 aromatic heterocycles. The number of aromatic nitrogens is 2. The summed E-state index contributed by atoms with van der Waals surface area (Å²) in [5.41, 5.74) is 2.01. The summed E-state index contributed by atoms with van der Waals surface area (Å²) in [4.78, 5) is 25.1. The SMILES string of the molecule is CCNCc1ccccc1NC(=O)C1CCCN(c2ncnc3sccc23)C1. The molecule has 2 N–H and O–H groups in total. The van der Waals surface area contributed by atoms with E-state index in [4.69, 9.17) is 0 Å². The van der Waals surface area contributed by atoms with Gasteiger partial charge in [0.2, 0.25) is 5.91 Å². The Labute approximate surface area is 169 Å². The lowest BCUT2D eigenvalue weighted by Crippen LogP contribution is -2.41. The van der Waals surface area contributed by atoms with Crippen LogP contribution in [0.15, 0.2) is 42.0 Å². The summed E-state index contributed by atoms with van der Waals surface area (Å²) in [7, 11) is 0. The summed E-state index contributed by atoms with van der Waals surface area (Å²) in [6, 6.07) is 10.1. The first-order valence-electron chi connectivity index (χ1n) is 9.79. The van der Waals surface area contributed by atoms with Gasteiger partial charge in [-0.15, -0.1) is 11.3 Å². The molecule has 1 amide bonds. The van der Waals surface area contributed by atoms with Gasteiger partial charge >= 0.3 is 0 Å². The first-order chi connectivity index (χ1) is 13.8. The standard InChI is InChI=1S/C21H25N5OS/c1-2-22-12-15-6-3-4-8-18(15)25-20(27)16-7-5-10-26(13-16)19-17-9-11-28-21(17)24-14-23-19/h3-4,6,8-9,11,14,16,22H,2,5,7,10,12-13H2,1H3,(H,25,27). The molecule has 1 atom stereocenters. The van der Waals surface area contributed by atoms with Crippen LogP contribution in [-0.2, 0) is 11.3 Å². The Morgan fingerprint density at radius 1 is 1.29 bits per heavy atom. The van der Waals surface area contributed by atoms with Crippen molar-refractivity contribution >= 4 is 39.0 Å². The van der Waals surface area contributed by atoms with Crippen molar-refractivity contribution < 1.29 is 4.79 Å². The number of hydrogen-bond acceptors (Lipinski definition) is 6. The van der Waals surface area contributed by atoms with Crippen LogP contribution in [0.2, 0.25) is 0 Å². The van der Waals surface area contributed by atoms with Crippen LogP contribution in [0.5, 0.6) is 0 Å². The molecule has 1 aromatic carbocycles. The number of nitrogens with zero attached hydrogens (tertiary/aromatic N) is 3. The first-order valence-corrected chi connectivity index (χ1v) is 10.7. The zero-order valence-electron chi connectivity index (χ0n) is 16.0. The molecule has 0 aliphatic carbocycles. The van der Waals surface area contributed by atoms with Crippen molar-refractivity contribution in [2.24, 2.45) is 5.92 Å². The van der Waals surface area contributed by atoms with Crippen LogP contribution in [0.4, 0.5) is 11.5 Å². The van der Waals surface area contributed by atoms with E-state index in [0.29, 0.717) is 6.54 Å². The van der Waals surface area contributed by atoms with Gasteiger partial charge in [-0.2, -0.15) is 0 Å². The molecule has 0 saturated carbocycles. The third-order valence-electron chi connectivity index (χ3n) is 5.17. The van der Waals surface area contributed by atoms with E-state index >= 15 is 0 Å². The quantitative estimate of drug-likeness (QED) is 0.667. The van der Waals surface area contributed by atoms with E-state index in [1.807, 2.05) is 23.6 Å². The molecule has 6 nitrogen and oxygen atoms in total. The Hall–Kier alpha value is -2.51. The molecule has 0 radical (unpaired) electrons. The first kappa shape index (κ1) is 18.8. The van der Waals surface area contributed by atoms with Crippen molar-refractivity contribution in [3.8, 4) is 0 Å². The molecular formula is C21H25N5OS. The highest BCUT2D eigenvalue weighted by atomic mass is 32.1. The van der Waals surface area contributed by atoms with Crippen molar-refractivity contribution in [3.63, 3.8) is 0 Å². The molecule has 1 aliphatic rings. The van der Waals surface area contributed by atoms with Crippen molar-refractivity contribution in [3.05, 3.63) is 47.6 Å². The van der Waals surface area contributed by atoms with Gasteiger partial charge in [0.15, 0.2) is 0 Å². The Kier molecular flexibility index (Phi) is 5.83. The molecule has 1 aliphatic heterocycles. The van der Waals surface area contributed by atoms with Gasteiger partial charge in [-0.1, -0.05) is 25.1 Å². The van der Waals surface area contributed by atoms with E-state index in [1.54, 1.807) is 17.7 Å². The van der Waals surface area contributed by atoms with E-state index in [1.165, 1.54) is 0 Å². The fourth-order valence-electron chi connectivity index (χ4n) is 3.70. The second-order valence-electron chi connectivity index (χ2n) is 7.05. The molecule has 146 valence electrons. The fourth-order valence-corrected chi connectivity index (χ4v) is 4.43. The van der Waals surface area contributed by atoms with Gasteiger partial charge in [0.25, 0.3) is 0 Å². The van der Waals surface area contributed by atoms with Crippen molar-refractivity contribution in [2.45, 2.75) is 26.3 Å². The Bertz CT molecular complexity index is 957. The highest BCUT2D eigenvalue weighted by Gasteiger charge is 2.28. The van der Waals surface area contributed by atoms with Crippen molar-refractivity contribution in [1.29, 1.82) is 0 Å². The molecule has 3 heterocycles. The Morgan fingerprint density at radius 3 is 3.07 bits per heavy atom. The monoisotopic (exact) mass is 395 g/mol. The van der Waals surface area contributed by atoms with E-state index in [0.717, 1.165) is 59.8 Å². The minimum atomic E-state index is -0.0513. The summed E-state index contributed by atoms with van der Waals surface area (Å²) in [5.74, 6) is 0.977. The zero-order valence-corrected chi connectivity index (χ0v) is 16.8. The van der Waals surface area contributed by atoms with Crippen LogP contribution < -0.4 is 15.5 Å². The number of fused-ring (bicyclic) bond motifs is 1. The molecule has 1 fully saturated rings. The van der Waals surface area contributed by atoms with Crippen molar-refractivity contribution in [1.82, 2.24) is 15.3 Å². The number of anilines is 2. The summed E-state index contributed by atoms with van der Waals surface area (Å²) < 4.78 is 0. The largest absolute Gasteiger partial charge is 0.355 e. The van der Waals surface area contributed by atoms with E-state index in [2.05, 4.69) is 44.6 Å². The molecular weight excluding hydrogens is 370 g/mol. The molecule has 3 aromatic rings. The molecule has 7 heteroatoms. The smallest absolute Gasteiger partial charge is 0.229 e. The van der Waals surface area contributed by atoms with Gasteiger partial charge < -0.3 is 15.5 Å². The molecule has 0 bridgehead atoms. The predicted molar refractivity (Wildman–Crippen MR) is 115 cm³/mol. The highest BCUT2D eigenvalue weighted by Crippen LogP contribution is 2.30. The van der Waals surface area contributed by atoms with Crippen molar-refractivity contribution in [2.75, 3.05) is 29.9 Å². The van der Waals surface area contributed by atoms with Gasteiger partial charge in [-0.25, -0.2) is 9.97 Å². The molecule has 1 saturated heterocycles. The molecule has 4 rings (SSSR count). The van der Waals surface area contributed by atoms with Crippen LogP contribution in [-0.4, -0.2) is 35.5 Å². The Balaban J connectivity index is 1.48. The lowest BCUT2D eigenvalue weighted by Gasteiger charge is -2.33. The third-order valence-corrected chi connectivity index (χ3v) is 5.99.